The molecule has 19 heavy (non-hydrogen) atoms. The number of nitrogens with zero attached hydrogens (tertiary/aromatic N) is 4. The van der Waals surface area contributed by atoms with E-state index in [2.05, 4.69) is 9.97 Å². The summed E-state index contributed by atoms with van der Waals surface area (Å²) in [5, 5.41) is 8.83. The molecule has 0 bridgehead atoms. The second kappa shape index (κ2) is 5.83. The fourth-order valence-corrected chi connectivity index (χ4v) is 1.71. The standard InChI is InChI=1S/C14H14N4O/c1-18(14-16-7-6-12(9-15)17-14)10-11-4-3-5-13(8-11)19-2/h3-8H,10H2,1-2H3. The number of rotatable bonds is 4. The number of anilines is 1. The van der Waals surface area contributed by atoms with Crippen LogP contribution in [0.2, 0.25) is 0 Å². The van der Waals surface area contributed by atoms with Crippen molar-refractivity contribution >= 4 is 5.95 Å². The van der Waals surface area contributed by atoms with Crippen LogP contribution in [-0.4, -0.2) is 24.1 Å². The Kier molecular flexibility index (Phi) is 3.94. The van der Waals surface area contributed by atoms with E-state index < -0.39 is 0 Å². The van der Waals surface area contributed by atoms with E-state index in [4.69, 9.17) is 10.00 Å². The van der Waals surface area contributed by atoms with Crippen molar-refractivity contribution in [2.75, 3.05) is 19.1 Å². The minimum atomic E-state index is 0.363. The van der Waals surface area contributed by atoms with Gasteiger partial charge in [0.1, 0.15) is 17.5 Å². The van der Waals surface area contributed by atoms with Gasteiger partial charge in [0, 0.05) is 19.8 Å². The quantitative estimate of drug-likeness (QED) is 0.835. The molecule has 0 saturated carbocycles. The van der Waals surface area contributed by atoms with Gasteiger partial charge in [-0.3, -0.25) is 0 Å². The Balaban J connectivity index is 2.15. The lowest BCUT2D eigenvalue weighted by Gasteiger charge is -2.17. The summed E-state index contributed by atoms with van der Waals surface area (Å²) in [6.45, 7) is 0.645. The van der Waals surface area contributed by atoms with Crippen LogP contribution >= 0.6 is 0 Å². The average molecular weight is 254 g/mol. The van der Waals surface area contributed by atoms with Crippen LogP contribution in [0.4, 0.5) is 5.95 Å². The monoisotopic (exact) mass is 254 g/mol. The first-order valence-electron chi connectivity index (χ1n) is 5.80. The summed E-state index contributed by atoms with van der Waals surface area (Å²) in [5.74, 6) is 1.35. The number of hydrogen-bond acceptors (Lipinski definition) is 5. The zero-order valence-corrected chi connectivity index (χ0v) is 10.9. The lowest BCUT2D eigenvalue weighted by atomic mass is 10.2. The molecule has 0 unspecified atom stereocenters. The zero-order valence-electron chi connectivity index (χ0n) is 10.9. The Bertz CT molecular complexity index is 606. The minimum absolute atomic E-state index is 0.363. The van der Waals surface area contributed by atoms with E-state index in [1.54, 1.807) is 19.4 Å². The second-order valence-corrected chi connectivity index (χ2v) is 4.06. The topological polar surface area (TPSA) is 62.0 Å². The van der Waals surface area contributed by atoms with E-state index >= 15 is 0 Å². The molecule has 0 radical (unpaired) electrons. The lowest BCUT2D eigenvalue weighted by molar-refractivity contribution is 0.414. The summed E-state index contributed by atoms with van der Waals surface area (Å²) in [4.78, 5) is 10.2. The lowest BCUT2D eigenvalue weighted by Crippen LogP contribution is -2.19. The number of methoxy groups -OCH3 is 1. The summed E-state index contributed by atoms with van der Waals surface area (Å²) < 4.78 is 5.19. The molecule has 96 valence electrons. The first-order valence-corrected chi connectivity index (χ1v) is 5.80. The maximum atomic E-state index is 8.83. The van der Waals surface area contributed by atoms with E-state index in [1.807, 2.05) is 42.3 Å². The molecular weight excluding hydrogens is 240 g/mol. The van der Waals surface area contributed by atoms with Crippen LogP contribution in [0.25, 0.3) is 0 Å². The number of hydrogen-bond donors (Lipinski definition) is 0. The van der Waals surface area contributed by atoms with Crippen molar-refractivity contribution in [2.24, 2.45) is 0 Å². The molecule has 0 N–H and O–H groups in total. The predicted octanol–water partition coefficient (Wildman–Crippen LogP) is 1.99. The molecule has 2 aromatic rings. The van der Waals surface area contributed by atoms with Gasteiger partial charge < -0.3 is 9.64 Å². The third-order valence-corrected chi connectivity index (χ3v) is 2.65. The Labute approximate surface area is 112 Å². The minimum Gasteiger partial charge on any atom is -0.497 e. The van der Waals surface area contributed by atoms with E-state index in [-0.39, 0.29) is 0 Å². The molecule has 5 nitrogen and oxygen atoms in total. The third-order valence-electron chi connectivity index (χ3n) is 2.65. The Morgan fingerprint density at radius 2 is 2.21 bits per heavy atom. The molecule has 2 rings (SSSR count). The first-order chi connectivity index (χ1) is 9.22. The smallest absolute Gasteiger partial charge is 0.226 e. The van der Waals surface area contributed by atoms with Crippen LogP contribution in [0.3, 0.4) is 0 Å². The van der Waals surface area contributed by atoms with E-state index in [9.17, 15) is 0 Å². The van der Waals surface area contributed by atoms with Crippen molar-refractivity contribution in [3.63, 3.8) is 0 Å². The van der Waals surface area contributed by atoms with E-state index in [1.165, 1.54) is 0 Å². The molecule has 0 amide bonds. The van der Waals surface area contributed by atoms with Gasteiger partial charge in [0.15, 0.2) is 0 Å². The first kappa shape index (κ1) is 12.8. The van der Waals surface area contributed by atoms with Crippen LogP contribution < -0.4 is 9.64 Å². The highest BCUT2D eigenvalue weighted by Gasteiger charge is 2.06. The summed E-state index contributed by atoms with van der Waals surface area (Å²) in [6, 6.07) is 11.4. The second-order valence-electron chi connectivity index (χ2n) is 4.06. The average Bonchev–Trinajstić information content (AvgIpc) is 2.47. The molecule has 0 atom stereocenters. The van der Waals surface area contributed by atoms with Crippen LogP contribution in [0, 0.1) is 11.3 Å². The Morgan fingerprint density at radius 1 is 1.37 bits per heavy atom. The molecule has 0 aliphatic carbocycles. The molecule has 1 heterocycles. The van der Waals surface area contributed by atoms with Gasteiger partial charge in [0.05, 0.1) is 7.11 Å². The normalized spacial score (nSPS) is 9.74. The number of nitriles is 1. The van der Waals surface area contributed by atoms with Crippen molar-refractivity contribution in [2.45, 2.75) is 6.54 Å². The largest absolute Gasteiger partial charge is 0.497 e. The summed E-state index contributed by atoms with van der Waals surface area (Å²) in [7, 11) is 3.53. The summed E-state index contributed by atoms with van der Waals surface area (Å²) >= 11 is 0. The van der Waals surface area contributed by atoms with Gasteiger partial charge in [0.25, 0.3) is 0 Å². The molecule has 1 aromatic carbocycles. The third kappa shape index (κ3) is 3.19. The highest BCUT2D eigenvalue weighted by molar-refractivity contribution is 5.36. The molecule has 0 fully saturated rings. The van der Waals surface area contributed by atoms with Crippen molar-refractivity contribution in [3.8, 4) is 11.8 Å². The Hall–Kier alpha value is -2.61. The van der Waals surface area contributed by atoms with Crippen molar-refractivity contribution in [3.05, 3.63) is 47.8 Å². The number of aromatic nitrogens is 2. The number of ether oxygens (including phenoxy) is 1. The van der Waals surface area contributed by atoms with Crippen LogP contribution in [0.15, 0.2) is 36.5 Å². The highest BCUT2D eigenvalue weighted by atomic mass is 16.5. The molecule has 0 aliphatic heterocycles. The van der Waals surface area contributed by atoms with Gasteiger partial charge in [-0.15, -0.1) is 0 Å². The molecular formula is C14H14N4O. The van der Waals surface area contributed by atoms with Crippen molar-refractivity contribution in [1.29, 1.82) is 5.26 Å². The SMILES string of the molecule is COc1cccc(CN(C)c2nccc(C#N)n2)c1. The number of benzene rings is 1. The van der Waals surface area contributed by atoms with Crippen molar-refractivity contribution in [1.82, 2.24) is 9.97 Å². The van der Waals surface area contributed by atoms with Gasteiger partial charge in [-0.25, -0.2) is 9.97 Å². The maximum absolute atomic E-state index is 8.83. The molecule has 0 spiro atoms. The maximum Gasteiger partial charge on any atom is 0.226 e. The van der Waals surface area contributed by atoms with Gasteiger partial charge >= 0.3 is 0 Å². The molecule has 1 aromatic heterocycles. The van der Waals surface area contributed by atoms with Crippen molar-refractivity contribution < 1.29 is 4.74 Å². The molecule has 0 aliphatic rings. The van der Waals surface area contributed by atoms with E-state index in [0.717, 1.165) is 11.3 Å². The highest BCUT2D eigenvalue weighted by Crippen LogP contribution is 2.15. The van der Waals surface area contributed by atoms with Crippen LogP contribution in [0.5, 0.6) is 5.75 Å². The summed E-state index contributed by atoms with van der Waals surface area (Å²) in [6.07, 6.45) is 1.59. The zero-order chi connectivity index (χ0) is 13.7. The fraction of sp³-hybridized carbons (Fsp3) is 0.214. The summed E-state index contributed by atoms with van der Waals surface area (Å²) in [5.41, 5.74) is 1.45. The fourth-order valence-electron chi connectivity index (χ4n) is 1.71. The van der Waals surface area contributed by atoms with E-state index in [0.29, 0.717) is 18.2 Å². The van der Waals surface area contributed by atoms with Gasteiger partial charge in [-0.05, 0) is 23.8 Å². The van der Waals surface area contributed by atoms with Crippen LogP contribution in [-0.2, 0) is 6.54 Å². The van der Waals surface area contributed by atoms with Gasteiger partial charge in [-0.1, -0.05) is 12.1 Å². The predicted molar refractivity (Wildman–Crippen MR) is 71.8 cm³/mol. The van der Waals surface area contributed by atoms with Gasteiger partial charge in [0.2, 0.25) is 5.95 Å². The molecule has 0 saturated heterocycles. The Morgan fingerprint density at radius 3 is 2.95 bits per heavy atom. The molecule has 5 heteroatoms. The van der Waals surface area contributed by atoms with Gasteiger partial charge in [-0.2, -0.15) is 5.26 Å². The van der Waals surface area contributed by atoms with Crippen LogP contribution in [0.1, 0.15) is 11.3 Å².